The lowest BCUT2D eigenvalue weighted by Crippen LogP contribution is -2.18. The van der Waals surface area contributed by atoms with Gasteiger partial charge in [-0.05, 0) is 18.8 Å². The van der Waals surface area contributed by atoms with Gasteiger partial charge in [-0.1, -0.05) is 11.8 Å². The highest BCUT2D eigenvalue weighted by atomic mass is 16.5. The van der Waals surface area contributed by atoms with Gasteiger partial charge in [-0.2, -0.15) is 0 Å². The maximum Gasteiger partial charge on any atom is 0.406 e. The van der Waals surface area contributed by atoms with Crippen molar-refractivity contribution in [2.45, 2.75) is 19.8 Å². The molecule has 0 aliphatic rings. The average Bonchev–Trinajstić information content (AvgIpc) is 2.35. The highest BCUT2D eigenvalue weighted by molar-refractivity contribution is 5.66. The molecule has 0 aliphatic heterocycles. The number of unbranched alkanes of at least 4 members (excludes halogenated alkanes) is 1. The summed E-state index contributed by atoms with van der Waals surface area (Å²) in [6.45, 7) is 2.05. The average molecular weight is 235 g/mol. The first kappa shape index (κ1) is 17.3. The summed E-state index contributed by atoms with van der Waals surface area (Å²) in [4.78, 5) is 10.1. The molecule has 2 N–H and O–H groups in total. The first-order chi connectivity index (χ1) is 8.22. The van der Waals surface area contributed by atoms with Crippen molar-refractivity contribution in [2.75, 3.05) is 20.3 Å². The van der Waals surface area contributed by atoms with E-state index in [1.54, 1.807) is 6.92 Å². The zero-order valence-electron chi connectivity index (χ0n) is 10.2. The zero-order valence-corrected chi connectivity index (χ0v) is 10.2. The monoisotopic (exact) mass is 235 g/mol. The normalized spacial score (nSPS) is 6.71. The molecule has 0 radical (unpaired) electrons. The first-order valence-corrected chi connectivity index (χ1v) is 5.07. The van der Waals surface area contributed by atoms with Gasteiger partial charge in [0.1, 0.15) is 6.61 Å². The van der Waals surface area contributed by atoms with Gasteiger partial charge in [0.15, 0.2) is 0 Å². The van der Waals surface area contributed by atoms with Crippen LogP contribution >= 0.6 is 0 Å². The Hall–Kier alpha value is -2.09. The third kappa shape index (κ3) is 20.1. The number of ether oxygens (including phenoxy) is 1. The number of nitrogens with one attached hydrogen (secondary N) is 1. The summed E-state index contributed by atoms with van der Waals surface area (Å²) in [6.07, 6.45) is 5.94. The summed E-state index contributed by atoms with van der Waals surface area (Å²) < 4.78 is 4.44. The van der Waals surface area contributed by atoms with Gasteiger partial charge in [0.05, 0.1) is 6.61 Å². The third-order valence-corrected chi connectivity index (χ3v) is 1.19. The quantitative estimate of drug-likeness (QED) is 0.549. The molecule has 0 saturated heterocycles. The molecule has 0 aromatic rings. The van der Waals surface area contributed by atoms with Crippen LogP contribution in [0, 0.1) is 36.0 Å². The van der Waals surface area contributed by atoms with E-state index in [0.717, 1.165) is 0 Å². The molecule has 0 unspecified atom stereocenters. The van der Waals surface area contributed by atoms with Gasteiger partial charge < -0.3 is 15.2 Å². The summed E-state index contributed by atoms with van der Waals surface area (Å²) >= 11 is 0. The van der Waals surface area contributed by atoms with Crippen molar-refractivity contribution in [2.24, 2.45) is 0 Å². The second-order valence-corrected chi connectivity index (χ2v) is 2.44. The number of rotatable bonds is 2. The molecular formula is C13H17NO3. The summed E-state index contributed by atoms with van der Waals surface area (Å²) in [5, 5.41) is 10.5. The lowest BCUT2D eigenvalue weighted by molar-refractivity contribution is 0.154. The van der Waals surface area contributed by atoms with Crippen LogP contribution in [0.25, 0.3) is 0 Å². The topological polar surface area (TPSA) is 58.6 Å². The number of terminal acetylenes is 1. The zero-order chi connectivity index (χ0) is 13.4. The molecule has 17 heavy (non-hydrogen) atoms. The lowest BCUT2D eigenvalue weighted by Gasteiger charge is -1.95. The summed E-state index contributed by atoms with van der Waals surface area (Å²) in [5.41, 5.74) is 0. The van der Waals surface area contributed by atoms with E-state index in [4.69, 9.17) is 11.5 Å². The Morgan fingerprint density at radius 3 is 2.41 bits per heavy atom. The number of amides is 1. The minimum absolute atomic E-state index is 0.135. The largest absolute Gasteiger partial charge is 0.450 e. The summed E-state index contributed by atoms with van der Waals surface area (Å²) in [6, 6.07) is 0. The van der Waals surface area contributed by atoms with Gasteiger partial charge in [-0.25, -0.2) is 4.79 Å². The fraction of sp³-hybridized carbons (Fsp3) is 0.462. The molecule has 0 aliphatic carbocycles. The Kier molecular flexibility index (Phi) is 16.6. The van der Waals surface area contributed by atoms with Crippen LogP contribution in [-0.4, -0.2) is 31.5 Å². The van der Waals surface area contributed by atoms with E-state index in [1.165, 1.54) is 7.05 Å². The number of hydrogen-bond acceptors (Lipinski definition) is 3. The molecule has 0 spiro atoms. The Labute approximate surface area is 103 Å². The predicted octanol–water partition coefficient (Wildman–Crippen LogP) is 0.761. The van der Waals surface area contributed by atoms with Crippen LogP contribution in [0.2, 0.25) is 0 Å². The van der Waals surface area contributed by atoms with Crippen molar-refractivity contribution in [3.63, 3.8) is 0 Å². The Balaban J connectivity index is 0. The van der Waals surface area contributed by atoms with Crippen LogP contribution in [0.3, 0.4) is 0 Å². The van der Waals surface area contributed by atoms with Crippen LogP contribution in [0.1, 0.15) is 19.8 Å². The lowest BCUT2D eigenvalue weighted by atomic mass is 10.3. The smallest absolute Gasteiger partial charge is 0.406 e. The van der Waals surface area contributed by atoms with Crippen molar-refractivity contribution < 1.29 is 14.6 Å². The van der Waals surface area contributed by atoms with Gasteiger partial charge in [0.25, 0.3) is 0 Å². The molecule has 0 bridgehead atoms. The molecule has 0 aromatic heterocycles. The van der Waals surface area contributed by atoms with E-state index in [2.05, 4.69) is 39.7 Å². The highest BCUT2D eigenvalue weighted by Crippen LogP contribution is 1.80. The highest BCUT2D eigenvalue weighted by Gasteiger charge is 1.89. The van der Waals surface area contributed by atoms with Crippen molar-refractivity contribution in [3.8, 4) is 36.0 Å². The van der Waals surface area contributed by atoms with Crippen LogP contribution in [-0.2, 0) is 4.74 Å². The molecule has 0 rings (SSSR count). The second-order valence-electron chi connectivity index (χ2n) is 2.44. The molecule has 4 nitrogen and oxygen atoms in total. The minimum Gasteiger partial charge on any atom is -0.450 e. The van der Waals surface area contributed by atoms with Gasteiger partial charge in [-0.15, -0.1) is 12.3 Å². The molecule has 0 aromatic carbocycles. The van der Waals surface area contributed by atoms with Crippen LogP contribution < -0.4 is 5.32 Å². The predicted molar refractivity (Wildman–Crippen MR) is 66.8 cm³/mol. The number of aliphatic hydroxyl groups excluding tert-OH is 1. The van der Waals surface area contributed by atoms with Crippen molar-refractivity contribution in [3.05, 3.63) is 0 Å². The molecule has 0 fully saturated rings. The molecule has 0 heterocycles. The summed E-state index contributed by atoms with van der Waals surface area (Å²) in [5.74, 6) is 12.6. The molecule has 92 valence electrons. The molecular weight excluding hydrogens is 218 g/mol. The van der Waals surface area contributed by atoms with Gasteiger partial charge in [0.2, 0.25) is 0 Å². The van der Waals surface area contributed by atoms with E-state index in [-0.39, 0.29) is 12.7 Å². The Morgan fingerprint density at radius 2 is 2.00 bits per heavy atom. The SMILES string of the molecule is C#CCCC#CC#CCO.CCOC(=O)NC. The van der Waals surface area contributed by atoms with E-state index < -0.39 is 0 Å². The van der Waals surface area contributed by atoms with Crippen molar-refractivity contribution in [1.82, 2.24) is 5.32 Å². The fourth-order valence-corrected chi connectivity index (χ4v) is 0.528. The number of alkyl carbamates (subject to hydrolysis) is 1. The van der Waals surface area contributed by atoms with Crippen LogP contribution in [0.15, 0.2) is 0 Å². The van der Waals surface area contributed by atoms with Crippen LogP contribution in [0.4, 0.5) is 4.79 Å². The van der Waals surface area contributed by atoms with Gasteiger partial charge in [-0.3, -0.25) is 0 Å². The van der Waals surface area contributed by atoms with E-state index >= 15 is 0 Å². The molecule has 0 saturated carbocycles. The molecule has 0 atom stereocenters. The van der Waals surface area contributed by atoms with E-state index in [1.807, 2.05) is 0 Å². The standard InChI is InChI=1S/C9H8O.C4H9NO2/c1-2-3-4-5-6-7-8-9-10;1-3-7-4(6)5-2/h1,10H,3-4,9H2;3H2,1-2H3,(H,5,6). The maximum atomic E-state index is 10.1. The minimum atomic E-state index is -0.373. The number of hydrogen-bond donors (Lipinski definition) is 2. The maximum absolute atomic E-state index is 10.1. The van der Waals surface area contributed by atoms with E-state index in [0.29, 0.717) is 19.4 Å². The van der Waals surface area contributed by atoms with E-state index in [9.17, 15) is 4.79 Å². The Bertz CT molecular complexity index is 347. The molecule has 1 amide bonds. The van der Waals surface area contributed by atoms with Crippen molar-refractivity contribution in [1.29, 1.82) is 0 Å². The number of carbonyl (C=O) groups excluding carboxylic acids is 1. The van der Waals surface area contributed by atoms with Crippen molar-refractivity contribution >= 4 is 6.09 Å². The first-order valence-electron chi connectivity index (χ1n) is 5.07. The summed E-state index contributed by atoms with van der Waals surface area (Å²) in [7, 11) is 1.53. The Morgan fingerprint density at radius 1 is 1.35 bits per heavy atom. The number of carbonyl (C=O) groups is 1. The second kappa shape index (κ2) is 16.3. The van der Waals surface area contributed by atoms with Gasteiger partial charge in [0, 0.05) is 19.9 Å². The number of aliphatic hydroxyl groups is 1. The fourth-order valence-electron chi connectivity index (χ4n) is 0.528. The molecule has 4 heteroatoms. The van der Waals surface area contributed by atoms with Gasteiger partial charge >= 0.3 is 6.09 Å². The van der Waals surface area contributed by atoms with Crippen LogP contribution in [0.5, 0.6) is 0 Å². The third-order valence-electron chi connectivity index (χ3n) is 1.19.